The van der Waals surface area contributed by atoms with E-state index in [-0.39, 0.29) is 12.1 Å². The van der Waals surface area contributed by atoms with Crippen LogP contribution < -0.4 is 10.2 Å². The Labute approximate surface area is 165 Å². The molecule has 27 heavy (non-hydrogen) atoms. The normalized spacial score (nSPS) is 19.4. The molecular weight excluding hydrogens is 352 g/mol. The van der Waals surface area contributed by atoms with E-state index in [0.717, 1.165) is 16.5 Å². The first-order valence-corrected chi connectivity index (χ1v) is 9.57. The number of hydrogen-bond donors (Lipinski definition) is 1. The SMILES string of the molecule is Cc1cc(C)cc(N2C(=S)N[C@@H](c3ccccn3)[C@H]2c2ccc(C)n2C)c1. The predicted octanol–water partition coefficient (Wildman–Crippen LogP) is 4.52. The highest BCUT2D eigenvalue weighted by molar-refractivity contribution is 7.80. The van der Waals surface area contributed by atoms with Crippen LogP contribution in [0.3, 0.4) is 0 Å². The van der Waals surface area contributed by atoms with Gasteiger partial charge in [0.2, 0.25) is 0 Å². The zero-order valence-electron chi connectivity index (χ0n) is 16.1. The molecule has 1 aliphatic heterocycles. The zero-order chi connectivity index (χ0) is 19.1. The van der Waals surface area contributed by atoms with Crippen LogP contribution in [0.4, 0.5) is 5.69 Å². The van der Waals surface area contributed by atoms with Crippen molar-refractivity contribution in [2.75, 3.05) is 4.90 Å². The molecule has 1 aromatic carbocycles. The molecule has 0 unspecified atom stereocenters. The Bertz CT molecular complexity index is 973. The highest BCUT2D eigenvalue weighted by atomic mass is 32.1. The molecule has 0 radical (unpaired) electrons. The van der Waals surface area contributed by atoms with Gasteiger partial charge in [0.05, 0.1) is 11.7 Å². The average molecular weight is 377 g/mol. The van der Waals surface area contributed by atoms with Crippen LogP contribution in [0.25, 0.3) is 0 Å². The van der Waals surface area contributed by atoms with Crippen molar-refractivity contribution in [2.24, 2.45) is 7.05 Å². The van der Waals surface area contributed by atoms with Crippen LogP contribution in [0.5, 0.6) is 0 Å². The number of aromatic nitrogens is 2. The van der Waals surface area contributed by atoms with Gasteiger partial charge in [-0.3, -0.25) is 4.98 Å². The van der Waals surface area contributed by atoms with Gasteiger partial charge in [-0.2, -0.15) is 0 Å². The summed E-state index contributed by atoms with van der Waals surface area (Å²) in [5.41, 5.74) is 7.02. The highest BCUT2D eigenvalue weighted by Crippen LogP contribution is 2.42. The summed E-state index contributed by atoms with van der Waals surface area (Å²) < 4.78 is 2.24. The van der Waals surface area contributed by atoms with Crippen molar-refractivity contribution in [3.05, 3.63) is 82.9 Å². The molecule has 5 heteroatoms. The molecule has 1 fully saturated rings. The van der Waals surface area contributed by atoms with Crippen molar-refractivity contribution in [3.8, 4) is 0 Å². The molecule has 0 amide bonds. The van der Waals surface area contributed by atoms with E-state index in [1.807, 2.05) is 18.3 Å². The largest absolute Gasteiger partial charge is 0.351 e. The maximum absolute atomic E-state index is 5.79. The third-order valence-corrected chi connectivity index (χ3v) is 5.61. The summed E-state index contributed by atoms with van der Waals surface area (Å²) in [4.78, 5) is 6.85. The second-order valence-corrected chi connectivity index (χ2v) is 7.69. The van der Waals surface area contributed by atoms with Gasteiger partial charge in [0.1, 0.15) is 6.04 Å². The van der Waals surface area contributed by atoms with Crippen molar-refractivity contribution in [1.29, 1.82) is 0 Å². The number of thiocarbonyl (C=S) groups is 1. The Morgan fingerprint density at radius 2 is 1.74 bits per heavy atom. The molecule has 1 N–H and O–H groups in total. The summed E-state index contributed by atoms with van der Waals surface area (Å²) in [7, 11) is 2.11. The van der Waals surface area contributed by atoms with Crippen LogP contribution in [-0.4, -0.2) is 14.7 Å². The molecule has 2 aromatic heterocycles. The van der Waals surface area contributed by atoms with E-state index < -0.39 is 0 Å². The van der Waals surface area contributed by atoms with E-state index >= 15 is 0 Å². The third kappa shape index (κ3) is 3.12. The van der Waals surface area contributed by atoms with Gasteiger partial charge in [-0.25, -0.2) is 0 Å². The molecule has 4 rings (SSSR count). The summed E-state index contributed by atoms with van der Waals surface area (Å²) in [6.07, 6.45) is 1.84. The fourth-order valence-electron chi connectivity index (χ4n) is 3.95. The van der Waals surface area contributed by atoms with Gasteiger partial charge in [-0.05, 0) is 80.5 Å². The lowest BCUT2D eigenvalue weighted by Gasteiger charge is -2.29. The molecule has 1 saturated heterocycles. The molecule has 0 spiro atoms. The van der Waals surface area contributed by atoms with Crippen LogP contribution in [0, 0.1) is 20.8 Å². The summed E-state index contributed by atoms with van der Waals surface area (Å²) in [6, 6.07) is 17.0. The molecule has 0 saturated carbocycles. The van der Waals surface area contributed by atoms with Gasteiger partial charge in [-0.1, -0.05) is 12.1 Å². The topological polar surface area (TPSA) is 33.1 Å². The highest BCUT2D eigenvalue weighted by Gasteiger charge is 2.42. The Kier molecular flexibility index (Phi) is 4.48. The van der Waals surface area contributed by atoms with E-state index in [9.17, 15) is 0 Å². The van der Waals surface area contributed by atoms with Crippen molar-refractivity contribution < 1.29 is 0 Å². The maximum Gasteiger partial charge on any atom is 0.174 e. The van der Waals surface area contributed by atoms with E-state index in [2.05, 4.69) is 84.0 Å². The van der Waals surface area contributed by atoms with Crippen molar-refractivity contribution >= 4 is 23.0 Å². The fourth-order valence-corrected chi connectivity index (χ4v) is 4.30. The molecule has 4 nitrogen and oxygen atoms in total. The lowest BCUT2D eigenvalue weighted by atomic mass is 10.0. The first-order valence-electron chi connectivity index (χ1n) is 9.17. The van der Waals surface area contributed by atoms with Crippen LogP contribution >= 0.6 is 12.2 Å². The maximum atomic E-state index is 5.79. The smallest absolute Gasteiger partial charge is 0.174 e. The quantitative estimate of drug-likeness (QED) is 0.681. The molecule has 138 valence electrons. The summed E-state index contributed by atoms with van der Waals surface area (Å²) in [5.74, 6) is 0. The number of rotatable bonds is 3. The Morgan fingerprint density at radius 3 is 2.33 bits per heavy atom. The van der Waals surface area contributed by atoms with Gasteiger partial charge in [-0.15, -0.1) is 0 Å². The van der Waals surface area contributed by atoms with Crippen molar-refractivity contribution in [2.45, 2.75) is 32.9 Å². The minimum atomic E-state index is -0.00693. The van der Waals surface area contributed by atoms with Crippen LogP contribution in [0.1, 0.15) is 40.3 Å². The number of anilines is 1. The molecule has 0 bridgehead atoms. The monoisotopic (exact) mass is 376 g/mol. The van der Waals surface area contributed by atoms with Gasteiger partial charge >= 0.3 is 0 Å². The summed E-state index contributed by atoms with van der Waals surface area (Å²) >= 11 is 5.79. The van der Waals surface area contributed by atoms with Crippen LogP contribution in [-0.2, 0) is 7.05 Å². The molecule has 2 atom stereocenters. The fraction of sp³-hybridized carbons (Fsp3) is 0.273. The molecule has 3 aromatic rings. The van der Waals surface area contributed by atoms with Crippen LogP contribution in [0.2, 0.25) is 0 Å². The zero-order valence-corrected chi connectivity index (χ0v) is 16.9. The van der Waals surface area contributed by atoms with Crippen molar-refractivity contribution in [1.82, 2.24) is 14.9 Å². The molecule has 0 aliphatic carbocycles. The second kappa shape index (κ2) is 6.82. The van der Waals surface area contributed by atoms with Gasteiger partial charge in [0.25, 0.3) is 0 Å². The average Bonchev–Trinajstić information content (AvgIpc) is 3.14. The summed E-state index contributed by atoms with van der Waals surface area (Å²) in [6.45, 7) is 6.38. The lowest BCUT2D eigenvalue weighted by molar-refractivity contribution is 0.539. The van der Waals surface area contributed by atoms with E-state index in [4.69, 9.17) is 12.2 Å². The first-order chi connectivity index (χ1) is 13.0. The number of hydrogen-bond acceptors (Lipinski definition) is 2. The Balaban J connectivity index is 1.88. The minimum absolute atomic E-state index is 0.00693. The summed E-state index contributed by atoms with van der Waals surface area (Å²) in [5, 5.41) is 4.26. The number of nitrogens with one attached hydrogen (secondary N) is 1. The van der Waals surface area contributed by atoms with Crippen molar-refractivity contribution in [3.63, 3.8) is 0 Å². The lowest BCUT2D eigenvalue weighted by Crippen LogP contribution is -2.30. The number of nitrogens with zero attached hydrogens (tertiary/aromatic N) is 3. The van der Waals surface area contributed by atoms with E-state index in [1.54, 1.807) is 0 Å². The minimum Gasteiger partial charge on any atom is -0.351 e. The van der Waals surface area contributed by atoms with Gasteiger partial charge in [0, 0.05) is 30.3 Å². The number of aryl methyl sites for hydroxylation is 3. The van der Waals surface area contributed by atoms with Gasteiger partial charge in [0.15, 0.2) is 5.11 Å². The van der Waals surface area contributed by atoms with Crippen LogP contribution in [0.15, 0.2) is 54.7 Å². The standard InChI is InChI=1S/C22H24N4S/c1-14-11-15(2)13-17(12-14)26-21(19-9-8-16(3)25(19)4)20(24-22(26)27)18-7-5-6-10-23-18/h5-13,20-21H,1-4H3,(H,24,27)/t20-,21+/m0/s1. The molecule has 1 aliphatic rings. The molecular formula is C22H24N4S. The molecule has 3 heterocycles. The Hall–Kier alpha value is -2.66. The van der Waals surface area contributed by atoms with E-state index in [1.165, 1.54) is 22.5 Å². The Morgan fingerprint density at radius 1 is 1.00 bits per heavy atom. The number of benzene rings is 1. The van der Waals surface area contributed by atoms with E-state index in [0.29, 0.717) is 0 Å². The number of pyridine rings is 1. The van der Waals surface area contributed by atoms with Gasteiger partial charge < -0.3 is 14.8 Å². The third-order valence-electron chi connectivity index (χ3n) is 5.30. The second-order valence-electron chi connectivity index (χ2n) is 7.30. The first kappa shape index (κ1) is 17.7. The predicted molar refractivity (Wildman–Crippen MR) is 114 cm³/mol.